The Balaban J connectivity index is 1.58. The summed E-state index contributed by atoms with van der Waals surface area (Å²) in [6.07, 6.45) is 1.92. The summed E-state index contributed by atoms with van der Waals surface area (Å²) in [6.45, 7) is 1.87. The molecule has 2 aromatic carbocycles. The molecule has 1 aliphatic rings. The Labute approximate surface area is 155 Å². The van der Waals surface area contributed by atoms with Crippen molar-refractivity contribution in [2.45, 2.75) is 31.8 Å². The van der Waals surface area contributed by atoms with Crippen molar-refractivity contribution in [3.05, 3.63) is 64.0 Å². The Morgan fingerprint density at radius 2 is 2.07 bits per heavy atom. The van der Waals surface area contributed by atoms with Crippen molar-refractivity contribution < 1.29 is 9.72 Å². The molecular formula is C19H19N5O3. The molecule has 1 fully saturated rings. The van der Waals surface area contributed by atoms with Crippen molar-refractivity contribution in [2.24, 2.45) is 0 Å². The van der Waals surface area contributed by atoms with Gasteiger partial charge in [-0.2, -0.15) is 0 Å². The number of nitrogens with one attached hydrogen (secondary N) is 3. The first kappa shape index (κ1) is 17.0. The monoisotopic (exact) mass is 365 g/mol. The van der Waals surface area contributed by atoms with E-state index in [0.717, 1.165) is 23.9 Å². The van der Waals surface area contributed by atoms with Gasteiger partial charge < -0.3 is 15.6 Å². The molecule has 4 rings (SSSR count). The lowest BCUT2D eigenvalue weighted by Gasteiger charge is -2.14. The quantitative estimate of drug-likeness (QED) is 0.457. The molecular weight excluding hydrogens is 346 g/mol. The van der Waals surface area contributed by atoms with Crippen LogP contribution in [0.2, 0.25) is 0 Å². The van der Waals surface area contributed by atoms with Gasteiger partial charge in [-0.3, -0.25) is 14.9 Å². The van der Waals surface area contributed by atoms with Gasteiger partial charge in [-0.25, -0.2) is 4.98 Å². The summed E-state index contributed by atoms with van der Waals surface area (Å²) in [7, 11) is 0. The second-order valence-electron chi connectivity index (χ2n) is 6.74. The highest BCUT2D eigenvalue weighted by atomic mass is 16.6. The number of rotatable bonds is 6. The number of amides is 1. The van der Waals surface area contributed by atoms with E-state index in [0.29, 0.717) is 11.5 Å². The molecule has 3 aromatic rings. The molecule has 8 nitrogen and oxygen atoms in total. The van der Waals surface area contributed by atoms with Crippen molar-refractivity contribution in [3.8, 4) is 0 Å². The van der Waals surface area contributed by atoms with Gasteiger partial charge in [0.1, 0.15) is 11.5 Å². The summed E-state index contributed by atoms with van der Waals surface area (Å²) in [4.78, 5) is 30.9. The third-order valence-electron chi connectivity index (χ3n) is 4.56. The van der Waals surface area contributed by atoms with Crippen LogP contribution in [-0.2, 0) is 0 Å². The maximum Gasteiger partial charge on any atom is 0.293 e. The maximum atomic E-state index is 12.2. The lowest BCUT2D eigenvalue weighted by molar-refractivity contribution is -0.384. The number of carbonyl (C=O) groups excluding carboxylic acids is 1. The molecule has 1 amide bonds. The number of fused-ring (bicyclic) bond motifs is 1. The number of nitrogens with zero attached hydrogens (tertiary/aromatic N) is 2. The van der Waals surface area contributed by atoms with Crippen LogP contribution >= 0.6 is 0 Å². The summed E-state index contributed by atoms with van der Waals surface area (Å²) >= 11 is 0. The number of imidazole rings is 1. The Kier molecular flexibility index (Phi) is 4.23. The van der Waals surface area contributed by atoms with Crippen molar-refractivity contribution >= 4 is 28.3 Å². The fraction of sp³-hybridized carbons (Fsp3) is 0.263. The Morgan fingerprint density at radius 3 is 2.78 bits per heavy atom. The molecule has 1 aliphatic carbocycles. The highest BCUT2D eigenvalue weighted by Crippen LogP contribution is 2.29. The number of H-pyrrole nitrogens is 1. The number of aromatic amines is 1. The standard InChI is InChI=1S/C19H19N5O3/c1-11(18-22-14-4-2-3-5-15(14)23-18)20-16-9-6-12(10-17(16)24(26)27)19(25)21-13-7-8-13/h2-6,9-11,13,20H,7-8H2,1H3,(H,21,25)(H,22,23). The van der Waals surface area contributed by atoms with Gasteiger partial charge >= 0.3 is 0 Å². The zero-order valence-electron chi connectivity index (χ0n) is 14.7. The van der Waals surface area contributed by atoms with Crippen molar-refractivity contribution in [1.82, 2.24) is 15.3 Å². The van der Waals surface area contributed by atoms with Crippen molar-refractivity contribution in [3.63, 3.8) is 0 Å². The molecule has 0 aliphatic heterocycles. The van der Waals surface area contributed by atoms with Crippen LogP contribution in [0.1, 0.15) is 42.0 Å². The zero-order chi connectivity index (χ0) is 19.0. The number of para-hydroxylation sites is 2. The van der Waals surface area contributed by atoms with Gasteiger partial charge in [0.2, 0.25) is 0 Å². The number of hydrogen-bond acceptors (Lipinski definition) is 5. The first-order valence-corrected chi connectivity index (χ1v) is 8.82. The number of benzene rings is 2. The van der Waals surface area contributed by atoms with Crippen LogP contribution in [0.25, 0.3) is 11.0 Å². The number of hydrogen-bond donors (Lipinski definition) is 3. The fourth-order valence-corrected chi connectivity index (χ4v) is 2.92. The highest BCUT2D eigenvalue weighted by Gasteiger charge is 2.25. The highest BCUT2D eigenvalue weighted by molar-refractivity contribution is 5.96. The fourth-order valence-electron chi connectivity index (χ4n) is 2.92. The summed E-state index contributed by atoms with van der Waals surface area (Å²) in [5, 5.41) is 17.5. The Bertz CT molecular complexity index is 992. The third-order valence-corrected chi connectivity index (χ3v) is 4.56. The van der Waals surface area contributed by atoms with Gasteiger partial charge in [0.25, 0.3) is 11.6 Å². The minimum atomic E-state index is -0.485. The van der Waals surface area contributed by atoms with Gasteiger partial charge in [-0.1, -0.05) is 12.1 Å². The molecule has 1 aromatic heterocycles. The topological polar surface area (TPSA) is 113 Å². The van der Waals surface area contributed by atoms with Crippen LogP contribution in [0, 0.1) is 10.1 Å². The Hall–Kier alpha value is -3.42. The van der Waals surface area contributed by atoms with Crippen molar-refractivity contribution in [1.29, 1.82) is 0 Å². The van der Waals surface area contributed by atoms with Crippen LogP contribution in [-0.4, -0.2) is 26.8 Å². The van der Waals surface area contributed by atoms with E-state index in [-0.39, 0.29) is 29.2 Å². The second kappa shape index (κ2) is 6.71. The minimum absolute atomic E-state index is 0.138. The molecule has 27 heavy (non-hydrogen) atoms. The summed E-state index contributed by atoms with van der Waals surface area (Å²) < 4.78 is 0. The molecule has 1 unspecified atom stereocenters. The first-order chi connectivity index (χ1) is 13.0. The predicted molar refractivity (Wildman–Crippen MR) is 102 cm³/mol. The molecule has 1 saturated carbocycles. The molecule has 8 heteroatoms. The molecule has 0 bridgehead atoms. The third kappa shape index (κ3) is 3.59. The van der Waals surface area contributed by atoms with E-state index in [1.807, 2.05) is 31.2 Å². The molecule has 0 saturated heterocycles. The number of aromatic nitrogens is 2. The molecule has 138 valence electrons. The van der Waals surface area contributed by atoms with Gasteiger partial charge in [0, 0.05) is 17.7 Å². The van der Waals surface area contributed by atoms with Crippen LogP contribution in [0.5, 0.6) is 0 Å². The van der Waals surface area contributed by atoms with Crippen LogP contribution in [0.3, 0.4) is 0 Å². The molecule has 0 radical (unpaired) electrons. The van der Waals surface area contributed by atoms with Gasteiger partial charge in [0.15, 0.2) is 0 Å². The van der Waals surface area contributed by atoms with Crippen LogP contribution in [0.4, 0.5) is 11.4 Å². The number of carbonyl (C=O) groups is 1. The van der Waals surface area contributed by atoms with E-state index in [2.05, 4.69) is 20.6 Å². The van der Waals surface area contributed by atoms with E-state index in [9.17, 15) is 14.9 Å². The SMILES string of the molecule is CC(Nc1ccc(C(=O)NC2CC2)cc1[N+](=O)[O-])c1nc2ccccc2[nH]1. The average molecular weight is 365 g/mol. The normalized spacial score (nSPS) is 14.7. The van der Waals surface area contributed by atoms with Crippen LogP contribution in [0.15, 0.2) is 42.5 Å². The van der Waals surface area contributed by atoms with Crippen LogP contribution < -0.4 is 10.6 Å². The maximum absolute atomic E-state index is 12.2. The lowest BCUT2D eigenvalue weighted by atomic mass is 10.1. The largest absolute Gasteiger partial charge is 0.370 e. The molecule has 0 spiro atoms. The van der Waals surface area contributed by atoms with E-state index in [1.165, 1.54) is 6.07 Å². The first-order valence-electron chi connectivity index (χ1n) is 8.82. The average Bonchev–Trinajstić information content (AvgIpc) is 3.35. The summed E-state index contributed by atoms with van der Waals surface area (Å²) in [5.74, 6) is 0.401. The van der Waals surface area contributed by atoms with Gasteiger partial charge in [-0.15, -0.1) is 0 Å². The number of nitro groups is 1. The van der Waals surface area contributed by atoms with Gasteiger partial charge in [0.05, 0.1) is 22.0 Å². The predicted octanol–water partition coefficient (Wildman–Crippen LogP) is 3.54. The number of nitro benzene ring substituents is 1. The smallest absolute Gasteiger partial charge is 0.293 e. The molecule has 1 atom stereocenters. The van der Waals surface area contributed by atoms with Gasteiger partial charge in [-0.05, 0) is 44.0 Å². The number of anilines is 1. The Morgan fingerprint density at radius 1 is 1.30 bits per heavy atom. The second-order valence-corrected chi connectivity index (χ2v) is 6.74. The lowest BCUT2D eigenvalue weighted by Crippen LogP contribution is -2.25. The summed E-state index contributed by atoms with van der Waals surface area (Å²) in [5.41, 5.74) is 2.23. The van der Waals surface area contributed by atoms with E-state index >= 15 is 0 Å². The van der Waals surface area contributed by atoms with E-state index in [1.54, 1.807) is 12.1 Å². The molecule has 3 N–H and O–H groups in total. The minimum Gasteiger partial charge on any atom is -0.370 e. The zero-order valence-corrected chi connectivity index (χ0v) is 14.7. The molecule has 1 heterocycles. The van der Waals surface area contributed by atoms with E-state index in [4.69, 9.17) is 0 Å². The van der Waals surface area contributed by atoms with E-state index < -0.39 is 4.92 Å². The van der Waals surface area contributed by atoms with Crippen molar-refractivity contribution in [2.75, 3.05) is 5.32 Å². The summed E-state index contributed by atoms with van der Waals surface area (Å²) in [6, 6.07) is 12.0.